The van der Waals surface area contributed by atoms with E-state index in [2.05, 4.69) is 9.85 Å². The molecule has 27 heavy (non-hydrogen) atoms. The summed E-state index contributed by atoms with van der Waals surface area (Å²) in [7, 11) is -4.04. The molecule has 0 heterocycles. The summed E-state index contributed by atoms with van der Waals surface area (Å²) in [6.07, 6.45) is 2.48. The fraction of sp³-hybridized carbons (Fsp3) is 0.250. The number of carboxylic acid groups (broad SMARTS) is 1. The topological polar surface area (TPSA) is 80.7 Å². The molecular weight excluding hydrogens is 479 g/mol. The molecule has 2 aromatic rings. The van der Waals surface area contributed by atoms with E-state index in [1.165, 1.54) is 18.2 Å². The van der Waals surface area contributed by atoms with Crippen LogP contribution in [0.5, 0.6) is 0 Å². The zero-order valence-electron chi connectivity index (χ0n) is 15.1. The molecule has 0 saturated heterocycles. The Morgan fingerprint density at radius 3 is 2.44 bits per heavy atom. The summed E-state index contributed by atoms with van der Waals surface area (Å²) in [4.78, 5) is 11.6. The number of hydrogen-bond acceptors (Lipinski definition) is 4. The van der Waals surface area contributed by atoms with E-state index in [-0.39, 0.29) is 10.5 Å². The average Bonchev–Trinajstić information content (AvgIpc) is 2.64. The van der Waals surface area contributed by atoms with Crippen molar-refractivity contribution in [2.45, 2.75) is 38.0 Å². The first-order valence-corrected chi connectivity index (χ1v) is 12.8. The third-order valence-electron chi connectivity index (χ3n) is 3.55. The van der Waals surface area contributed by atoms with Gasteiger partial charge >= 0.3 is 168 Å². The van der Waals surface area contributed by atoms with Gasteiger partial charge in [0.2, 0.25) is 0 Å². The Bertz CT molecular complexity index is 956. The Morgan fingerprint density at radius 2 is 1.81 bits per heavy atom. The van der Waals surface area contributed by atoms with Crippen LogP contribution in [0, 0.1) is 20.3 Å². The molecule has 7 heteroatoms. The van der Waals surface area contributed by atoms with E-state index < -0.39 is 36.3 Å². The van der Waals surface area contributed by atoms with Gasteiger partial charge in [0, 0.05) is 0 Å². The molecule has 0 unspecified atom stereocenters. The van der Waals surface area contributed by atoms with Gasteiger partial charge in [0.15, 0.2) is 0 Å². The van der Waals surface area contributed by atoms with Crippen LogP contribution in [0.4, 0.5) is 0 Å². The number of aromatic carboxylic acids is 1. The molecule has 1 N–H and O–H groups in total. The zero-order valence-corrected chi connectivity index (χ0v) is 18.1. The Morgan fingerprint density at radius 1 is 1.15 bits per heavy atom. The number of halogens is 1. The molecule has 0 fully saturated rings. The number of rotatable bonds is 7. The molecule has 0 aliphatic heterocycles. The summed E-state index contributed by atoms with van der Waals surface area (Å²) in [6.45, 7) is 3.90. The molecule has 0 saturated carbocycles. The number of benzene rings is 2. The van der Waals surface area contributed by atoms with Crippen molar-refractivity contribution in [3.8, 4) is 9.85 Å². The van der Waals surface area contributed by atoms with Gasteiger partial charge in [-0.15, -0.1) is 0 Å². The van der Waals surface area contributed by atoms with Crippen LogP contribution in [-0.2, 0) is 12.6 Å². The summed E-state index contributed by atoms with van der Waals surface area (Å²) in [6, 6.07) is 12.6. The fourth-order valence-corrected chi connectivity index (χ4v) is 8.16. The van der Waals surface area contributed by atoms with Crippen LogP contribution < -0.4 is 0 Å². The minimum absolute atomic E-state index is 0.0339. The Labute approximate surface area is 167 Å². The first-order chi connectivity index (χ1) is 12.8. The quantitative estimate of drug-likeness (QED) is 0.334. The van der Waals surface area contributed by atoms with E-state index >= 15 is 0 Å². The Balaban J connectivity index is 2.42. The summed E-state index contributed by atoms with van der Waals surface area (Å²) < 4.78 is 34.2. The van der Waals surface area contributed by atoms with Crippen LogP contribution in [-0.4, -0.2) is 19.5 Å². The Kier molecular flexibility index (Phi) is 7.83. The van der Waals surface area contributed by atoms with E-state index in [0.717, 1.165) is 18.4 Å². The molecule has 0 aliphatic rings. The van der Waals surface area contributed by atoms with Crippen molar-refractivity contribution in [1.82, 2.24) is 0 Å². The minimum atomic E-state index is -4.04. The van der Waals surface area contributed by atoms with Gasteiger partial charge in [0.1, 0.15) is 0 Å². The first-order valence-electron chi connectivity index (χ1n) is 8.37. The maximum absolute atomic E-state index is 12.7. The number of unbranched alkanes of at least 4 members (excludes halogenated alkanes) is 2. The van der Waals surface area contributed by atoms with E-state index in [1.807, 2.05) is 13.8 Å². The average molecular weight is 500 g/mol. The number of aryl methyl sites for hydroxylation is 1. The van der Waals surface area contributed by atoms with Crippen molar-refractivity contribution in [2.75, 3.05) is 0 Å². The predicted molar refractivity (Wildman–Crippen MR) is 113 cm³/mol. The summed E-state index contributed by atoms with van der Waals surface area (Å²) in [5, 5.41) is 9.44. The number of hydrogen-bond donors (Lipinski definition) is 1. The van der Waals surface area contributed by atoms with Gasteiger partial charge in [-0.1, -0.05) is 0 Å². The third-order valence-corrected chi connectivity index (χ3v) is 10.1. The van der Waals surface area contributed by atoms with Crippen molar-refractivity contribution in [2.24, 2.45) is 0 Å². The van der Waals surface area contributed by atoms with E-state index in [0.29, 0.717) is 9.99 Å². The van der Waals surface area contributed by atoms with Gasteiger partial charge in [0.25, 0.3) is 0 Å². The van der Waals surface area contributed by atoms with Crippen LogP contribution in [0.25, 0.3) is 0 Å². The van der Waals surface area contributed by atoms with E-state index in [4.69, 9.17) is 2.51 Å². The summed E-state index contributed by atoms with van der Waals surface area (Å²) >= 11 is -3.08. The van der Waals surface area contributed by atoms with E-state index in [1.54, 1.807) is 30.3 Å². The van der Waals surface area contributed by atoms with E-state index in [9.17, 15) is 18.3 Å². The van der Waals surface area contributed by atoms with Crippen molar-refractivity contribution in [3.05, 3.63) is 63.2 Å². The van der Waals surface area contributed by atoms with Gasteiger partial charge in [-0.3, -0.25) is 0 Å². The number of carbonyl (C=O) groups is 1. The monoisotopic (exact) mass is 500 g/mol. The van der Waals surface area contributed by atoms with Crippen LogP contribution in [0.15, 0.2) is 53.4 Å². The van der Waals surface area contributed by atoms with Crippen LogP contribution >= 0.6 is 20.2 Å². The van der Waals surface area contributed by atoms with Crippen LogP contribution in [0.2, 0.25) is 0 Å². The fourth-order valence-electron chi connectivity index (χ4n) is 2.08. The molecule has 0 amide bonds. The van der Waals surface area contributed by atoms with Gasteiger partial charge < -0.3 is 0 Å². The van der Waals surface area contributed by atoms with Gasteiger partial charge in [0.05, 0.1) is 0 Å². The summed E-state index contributed by atoms with van der Waals surface area (Å²) in [5.74, 6) is 1.85. The van der Waals surface area contributed by atoms with Crippen LogP contribution in [0.1, 0.15) is 42.1 Å². The second-order valence-corrected chi connectivity index (χ2v) is 11.4. The zero-order chi connectivity index (χ0) is 19.9. The van der Waals surface area contributed by atoms with Crippen LogP contribution in [0.3, 0.4) is 0 Å². The second kappa shape index (κ2) is 9.88. The first kappa shape index (κ1) is 21.4. The molecule has 2 aromatic carbocycles. The molecule has 2 rings (SSSR count). The molecule has 0 spiro atoms. The third kappa shape index (κ3) is 6.06. The molecule has 0 aromatic heterocycles. The van der Waals surface area contributed by atoms with Crippen molar-refractivity contribution in [1.29, 1.82) is 0 Å². The van der Waals surface area contributed by atoms with Gasteiger partial charge in [-0.25, -0.2) is 0 Å². The second-order valence-electron chi connectivity index (χ2n) is 5.74. The van der Waals surface area contributed by atoms with Gasteiger partial charge in [-0.2, -0.15) is 0 Å². The molecule has 144 valence electrons. The predicted octanol–water partition coefficient (Wildman–Crippen LogP) is 4.84. The summed E-state index contributed by atoms with van der Waals surface area (Å²) in [5.41, 5.74) is 0.964. The van der Waals surface area contributed by atoms with Crippen molar-refractivity contribution < 1.29 is 20.8 Å². The molecule has 0 atom stereocenters. The normalized spacial score (nSPS) is 11.4. The maximum atomic E-state index is 12.7. The number of carboxylic acids is 1. The Hall–Kier alpha value is -1.89. The molecule has 0 radical (unpaired) electrons. The van der Waals surface area contributed by atoms with Crippen molar-refractivity contribution >= 4 is 36.3 Å². The molecular formula is C20H21IO5S. The molecule has 5 nitrogen and oxygen atoms in total. The molecule has 0 bridgehead atoms. The standard InChI is InChI=1S/C20H21IO5S/c1-3-4-5-8-15-21(19-10-7-6-9-18(19)20(22)23)26-27(24,25)17-13-11-16(2)12-14-17/h6-7,9-14H,3-5H2,1-2H3,(H,22,23). The van der Waals surface area contributed by atoms with Crippen molar-refractivity contribution in [3.63, 3.8) is 0 Å². The van der Waals surface area contributed by atoms with Gasteiger partial charge in [-0.05, 0) is 0 Å². The molecule has 0 aliphatic carbocycles. The SMILES string of the molecule is CCCCC#CI(OS(=O)(=O)c1ccc(C)cc1)c1ccccc1C(=O)O.